The molecule has 0 aliphatic carbocycles. The van der Waals surface area contributed by atoms with Crippen molar-refractivity contribution in [3.8, 4) is 5.75 Å². The van der Waals surface area contributed by atoms with Gasteiger partial charge in [-0.15, -0.1) is 0 Å². The fourth-order valence-corrected chi connectivity index (χ4v) is 2.97. The van der Waals surface area contributed by atoms with Gasteiger partial charge in [-0.05, 0) is 24.5 Å². The summed E-state index contributed by atoms with van der Waals surface area (Å²) in [5.74, 6) is -0.420. The van der Waals surface area contributed by atoms with E-state index in [0.29, 0.717) is 24.4 Å². The van der Waals surface area contributed by atoms with Crippen LogP contribution in [-0.4, -0.2) is 41.7 Å². The van der Waals surface area contributed by atoms with E-state index < -0.39 is 18.0 Å². The van der Waals surface area contributed by atoms with Crippen LogP contribution in [0.15, 0.2) is 22.7 Å². The van der Waals surface area contributed by atoms with Crippen LogP contribution in [0.3, 0.4) is 0 Å². The molecule has 2 amide bonds. The first-order valence-electron chi connectivity index (χ1n) is 6.57. The summed E-state index contributed by atoms with van der Waals surface area (Å²) in [7, 11) is 1.54. The molecule has 1 heterocycles. The molecular weight excluding hydrogens is 340 g/mol. The largest absolute Gasteiger partial charge is 0.497 e. The number of carbonyl (C=O) groups excluding carboxylic acids is 1. The van der Waals surface area contributed by atoms with Crippen LogP contribution in [0.1, 0.15) is 13.3 Å². The van der Waals surface area contributed by atoms with Crippen LogP contribution < -0.4 is 10.1 Å². The lowest BCUT2D eigenvalue weighted by Gasteiger charge is -2.23. The lowest BCUT2D eigenvalue weighted by atomic mass is 10.0. The molecule has 2 unspecified atom stereocenters. The first-order chi connectivity index (χ1) is 9.92. The molecule has 0 bridgehead atoms. The van der Waals surface area contributed by atoms with Crippen LogP contribution in [0.4, 0.5) is 10.5 Å². The van der Waals surface area contributed by atoms with Gasteiger partial charge >= 0.3 is 12.0 Å². The zero-order valence-electron chi connectivity index (χ0n) is 11.8. The van der Waals surface area contributed by atoms with Gasteiger partial charge in [0, 0.05) is 22.8 Å². The average molecular weight is 357 g/mol. The second kappa shape index (κ2) is 6.34. The maximum Gasteiger partial charge on any atom is 0.326 e. The van der Waals surface area contributed by atoms with Gasteiger partial charge in [-0.25, -0.2) is 9.59 Å². The van der Waals surface area contributed by atoms with Crippen molar-refractivity contribution in [1.29, 1.82) is 0 Å². The van der Waals surface area contributed by atoms with Gasteiger partial charge in [0.25, 0.3) is 0 Å². The minimum atomic E-state index is -0.970. The Morgan fingerprint density at radius 1 is 1.43 bits per heavy atom. The molecule has 2 rings (SSSR count). The van der Waals surface area contributed by atoms with Crippen molar-refractivity contribution in [2.24, 2.45) is 5.92 Å². The molecule has 1 fully saturated rings. The molecule has 2 N–H and O–H groups in total. The normalized spacial score (nSPS) is 21.2. The fourth-order valence-electron chi connectivity index (χ4n) is 2.50. The van der Waals surface area contributed by atoms with Gasteiger partial charge in [0.2, 0.25) is 0 Å². The third-order valence-corrected chi connectivity index (χ3v) is 4.03. The molecule has 114 valence electrons. The smallest absolute Gasteiger partial charge is 0.326 e. The minimum absolute atomic E-state index is 0.0507. The first kappa shape index (κ1) is 15.6. The average Bonchev–Trinajstić information content (AvgIpc) is 2.80. The van der Waals surface area contributed by atoms with Crippen molar-refractivity contribution in [2.45, 2.75) is 19.4 Å². The number of hydrogen-bond acceptors (Lipinski definition) is 3. The molecule has 0 spiro atoms. The topological polar surface area (TPSA) is 78.9 Å². The van der Waals surface area contributed by atoms with E-state index >= 15 is 0 Å². The highest BCUT2D eigenvalue weighted by atomic mass is 79.9. The summed E-state index contributed by atoms with van der Waals surface area (Å²) in [6, 6.07) is 3.99. The summed E-state index contributed by atoms with van der Waals surface area (Å²) in [5, 5.41) is 12.0. The summed E-state index contributed by atoms with van der Waals surface area (Å²) in [6.45, 7) is 2.28. The van der Waals surface area contributed by atoms with Gasteiger partial charge < -0.3 is 20.1 Å². The summed E-state index contributed by atoms with van der Waals surface area (Å²) in [5.41, 5.74) is 0.551. The van der Waals surface area contributed by atoms with Crippen molar-refractivity contribution in [2.75, 3.05) is 19.0 Å². The Hall–Kier alpha value is -1.76. The van der Waals surface area contributed by atoms with Crippen molar-refractivity contribution in [1.82, 2.24) is 4.90 Å². The molecule has 7 heteroatoms. The zero-order valence-corrected chi connectivity index (χ0v) is 13.4. The highest BCUT2D eigenvalue weighted by Crippen LogP contribution is 2.27. The molecule has 1 saturated heterocycles. The second-order valence-electron chi connectivity index (χ2n) is 5.05. The number of carboxylic acids is 1. The molecule has 1 aromatic rings. The van der Waals surface area contributed by atoms with Crippen molar-refractivity contribution in [3.63, 3.8) is 0 Å². The molecule has 1 aromatic carbocycles. The molecule has 0 radical (unpaired) electrons. The van der Waals surface area contributed by atoms with Gasteiger partial charge in [-0.3, -0.25) is 0 Å². The lowest BCUT2D eigenvalue weighted by molar-refractivity contribution is -0.142. The van der Waals surface area contributed by atoms with Gasteiger partial charge in [0.05, 0.1) is 7.11 Å². The SMILES string of the molecule is COc1cc(Br)cc(NC(=O)N2CCC(C)C2C(=O)O)c1. The standard InChI is InChI=1S/C14H17BrN2O4/c1-8-3-4-17(12(8)13(18)19)14(20)16-10-5-9(15)6-11(7-10)21-2/h5-8,12H,3-4H2,1-2H3,(H,16,20)(H,18,19). The van der Waals surface area contributed by atoms with Gasteiger partial charge in [0.15, 0.2) is 0 Å². The monoisotopic (exact) mass is 356 g/mol. The number of nitrogens with zero attached hydrogens (tertiary/aromatic N) is 1. The number of hydrogen-bond donors (Lipinski definition) is 2. The van der Waals surface area contributed by atoms with Crippen LogP contribution in [0.2, 0.25) is 0 Å². The maximum absolute atomic E-state index is 12.3. The number of nitrogens with one attached hydrogen (secondary N) is 1. The van der Waals surface area contributed by atoms with Gasteiger partial charge in [-0.1, -0.05) is 22.9 Å². The maximum atomic E-state index is 12.3. The lowest BCUT2D eigenvalue weighted by Crippen LogP contribution is -2.44. The summed E-state index contributed by atoms with van der Waals surface area (Å²) < 4.78 is 5.90. The van der Waals surface area contributed by atoms with Crippen molar-refractivity contribution in [3.05, 3.63) is 22.7 Å². The molecule has 0 saturated carbocycles. The van der Waals surface area contributed by atoms with Crippen LogP contribution in [-0.2, 0) is 4.79 Å². The Labute approximate surface area is 131 Å². The highest BCUT2D eigenvalue weighted by Gasteiger charge is 2.39. The zero-order chi connectivity index (χ0) is 15.6. The van der Waals surface area contributed by atoms with Crippen LogP contribution in [0.25, 0.3) is 0 Å². The number of carboxylic acid groups (broad SMARTS) is 1. The number of aliphatic carboxylic acids is 1. The number of urea groups is 1. The molecule has 21 heavy (non-hydrogen) atoms. The van der Waals surface area contributed by atoms with Crippen LogP contribution in [0, 0.1) is 5.92 Å². The molecule has 6 nitrogen and oxygen atoms in total. The third kappa shape index (κ3) is 3.47. The molecule has 0 aromatic heterocycles. The Bertz CT molecular complexity index is 564. The molecular formula is C14H17BrN2O4. The number of ether oxygens (including phenoxy) is 1. The third-order valence-electron chi connectivity index (χ3n) is 3.57. The van der Waals surface area contributed by atoms with E-state index in [-0.39, 0.29) is 5.92 Å². The summed E-state index contributed by atoms with van der Waals surface area (Å²) in [4.78, 5) is 24.9. The predicted octanol–water partition coefficient (Wildman–Crippen LogP) is 2.78. The fraction of sp³-hybridized carbons (Fsp3) is 0.429. The van der Waals surface area contributed by atoms with E-state index in [4.69, 9.17) is 4.74 Å². The number of benzene rings is 1. The Morgan fingerprint density at radius 2 is 2.14 bits per heavy atom. The van der Waals surface area contributed by atoms with E-state index in [1.165, 1.54) is 12.0 Å². The van der Waals surface area contributed by atoms with E-state index in [0.717, 1.165) is 4.47 Å². The number of carbonyl (C=O) groups is 2. The Balaban J connectivity index is 2.14. The minimum Gasteiger partial charge on any atom is -0.497 e. The molecule has 1 aliphatic rings. The Kier molecular flexibility index (Phi) is 4.72. The number of likely N-dealkylation sites (tertiary alicyclic amines) is 1. The van der Waals surface area contributed by atoms with E-state index in [2.05, 4.69) is 21.2 Å². The van der Waals surface area contributed by atoms with Crippen molar-refractivity contribution < 1.29 is 19.4 Å². The van der Waals surface area contributed by atoms with Crippen molar-refractivity contribution >= 4 is 33.6 Å². The number of methoxy groups -OCH3 is 1. The number of rotatable bonds is 3. The van der Waals surface area contributed by atoms with Gasteiger partial charge in [0.1, 0.15) is 11.8 Å². The van der Waals surface area contributed by atoms with E-state index in [1.807, 2.05) is 6.92 Å². The predicted molar refractivity (Wildman–Crippen MR) is 81.6 cm³/mol. The highest BCUT2D eigenvalue weighted by molar-refractivity contribution is 9.10. The van der Waals surface area contributed by atoms with Crippen LogP contribution >= 0.6 is 15.9 Å². The van der Waals surface area contributed by atoms with Crippen LogP contribution in [0.5, 0.6) is 5.75 Å². The first-order valence-corrected chi connectivity index (χ1v) is 7.36. The Morgan fingerprint density at radius 3 is 2.76 bits per heavy atom. The summed E-state index contributed by atoms with van der Waals surface area (Å²) in [6.07, 6.45) is 0.687. The number of halogens is 1. The quantitative estimate of drug-likeness (QED) is 0.872. The number of anilines is 1. The molecule has 1 aliphatic heterocycles. The van der Waals surface area contributed by atoms with E-state index in [9.17, 15) is 14.7 Å². The second-order valence-corrected chi connectivity index (χ2v) is 5.97. The van der Waals surface area contributed by atoms with E-state index in [1.54, 1.807) is 18.2 Å². The summed E-state index contributed by atoms with van der Waals surface area (Å²) >= 11 is 3.33. The number of amides is 2. The molecule has 2 atom stereocenters. The van der Waals surface area contributed by atoms with Gasteiger partial charge in [-0.2, -0.15) is 0 Å².